The van der Waals surface area contributed by atoms with Gasteiger partial charge in [0, 0.05) is 17.5 Å². The van der Waals surface area contributed by atoms with Crippen molar-refractivity contribution < 1.29 is 13.5 Å². The van der Waals surface area contributed by atoms with Crippen molar-refractivity contribution in [3.05, 3.63) is 34.9 Å². The number of rotatable bonds is 2. The number of nitrogens with two attached hydrogens (primary N) is 1. The molecule has 1 aromatic carbocycles. The lowest BCUT2D eigenvalue weighted by Gasteiger charge is -2.26. The molecule has 5 atom stereocenters. The van der Waals surface area contributed by atoms with Crippen molar-refractivity contribution in [2.24, 2.45) is 17.6 Å². The summed E-state index contributed by atoms with van der Waals surface area (Å²) in [4.78, 5) is 0. The van der Waals surface area contributed by atoms with Gasteiger partial charge in [0.2, 0.25) is 0 Å². The van der Waals surface area contributed by atoms with E-state index in [9.17, 15) is 8.78 Å². The third-order valence-electron chi connectivity index (χ3n) is 4.37. The fourth-order valence-electron chi connectivity index (χ4n) is 3.04. The van der Waals surface area contributed by atoms with Crippen LogP contribution >= 0.6 is 0 Å². The standard InChI is InChI=1S/C15H21F2NO/c1-7-5-13(17)11(6-12(7)16)15(18)14-8(2)9(3)19-10(14)4/h5-6,8-10,14-15H,18H2,1-4H3. The molecule has 1 aliphatic rings. The molecule has 2 nitrogen and oxygen atoms in total. The van der Waals surface area contributed by atoms with Crippen molar-refractivity contribution in [3.8, 4) is 0 Å². The maximum Gasteiger partial charge on any atom is 0.128 e. The second-order valence-electron chi connectivity index (χ2n) is 5.63. The van der Waals surface area contributed by atoms with E-state index in [1.165, 1.54) is 12.1 Å². The first-order valence-electron chi connectivity index (χ1n) is 6.69. The molecule has 1 saturated heterocycles. The van der Waals surface area contributed by atoms with Gasteiger partial charge in [0.1, 0.15) is 11.6 Å². The van der Waals surface area contributed by atoms with Gasteiger partial charge in [-0.05, 0) is 44.4 Å². The van der Waals surface area contributed by atoms with Gasteiger partial charge in [0.25, 0.3) is 0 Å². The van der Waals surface area contributed by atoms with Gasteiger partial charge in [-0.15, -0.1) is 0 Å². The quantitative estimate of drug-likeness (QED) is 0.893. The highest BCUT2D eigenvalue weighted by atomic mass is 19.1. The minimum atomic E-state index is -0.551. The minimum absolute atomic E-state index is 0.00777. The molecule has 0 amide bonds. The van der Waals surface area contributed by atoms with E-state index in [2.05, 4.69) is 0 Å². The molecule has 1 heterocycles. The first kappa shape index (κ1) is 14.4. The topological polar surface area (TPSA) is 35.2 Å². The highest BCUT2D eigenvalue weighted by Crippen LogP contribution is 2.40. The summed E-state index contributed by atoms with van der Waals surface area (Å²) < 4.78 is 33.3. The Labute approximate surface area is 112 Å². The molecule has 106 valence electrons. The number of ether oxygens (including phenoxy) is 1. The number of benzene rings is 1. The third-order valence-corrected chi connectivity index (χ3v) is 4.37. The Morgan fingerprint density at radius 1 is 1.11 bits per heavy atom. The summed E-state index contributed by atoms with van der Waals surface area (Å²) in [6.45, 7) is 7.51. The summed E-state index contributed by atoms with van der Waals surface area (Å²) in [5, 5.41) is 0. The predicted molar refractivity (Wildman–Crippen MR) is 70.7 cm³/mol. The molecule has 1 aromatic rings. The van der Waals surface area contributed by atoms with E-state index in [0.29, 0.717) is 5.56 Å². The number of hydrogen-bond donors (Lipinski definition) is 1. The molecule has 5 unspecified atom stereocenters. The van der Waals surface area contributed by atoms with Gasteiger partial charge in [-0.1, -0.05) is 6.92 Å². The van der Waals surface area contributed by atoms with Gasteiger partial charge in [-0.2, -0.15) is 0 Å². The zero-order chi connectivity index (χ0) is 14.3. The summed E-state index contributed by atoms with van der Waals surface area (Å²) >= 11 is 0. The maximum atomic E-state index is 14.0. The lowest BCUT2D eigenvalue weighted by atomic mass is 9.80. The Kier molecular flexibility index (Phi) is 3.92. The number of halogens is 2. The molecule has 0 saturated carbocycles. The smallest absolute Gasteiger partial charge is 0.128 e. The Bertz CT molecular complexity index is 477. The summed E-state index contributed by atoms with van der Waals surface area (Å²) in [6.07, 6.45) is 0.0353. The molecule has 0 aliphatic carbocycles. The highest BCUT2D eigenvalue weighted by Gasteiger charge is 2.41. The molecule has 0 bridgehead atoms. The van der Waals surface area contributed by atoms with Crippen LogP contribution in [0.25, 0.3) is 0 Å². The average Bonchev–Trinajstić information content (AvgIpc) is 2.57. The Hall–Kier alpha value is -1.00. The summed E-state index contributed by atoms with van der Waals surface area (Å²) in [5.74, 6) is -0.648. The van der Waals surface area contributed by atoms with E-state index in [1.54, 1.807) is 6.92 Å². The van der Waals surface area contributed by atoms with Crippen LogP contribution < -0.4 is 5.73 Å². The average molecular weight is 269 g/mol. The lowest BCUT2D eigenvalue weighted by Crippen LogP contribution is -2.31. The van der Waals surface area contributed by atoms with Gasteiger partial charge in [-0.3, -0.25) is 0 Å². The van der Waals surface area contributed by atoms with Gasteiger partial charge in [0.15, 0.2) is 0 Å². The SMILES string of the molecule is Cc1cc(F)c(C(N)C2C(C)OC(C)C2C)cc1F. The molecule has 1 fully saturated rings. The van der Waals surface area contributed by atoms with Crippen LogP contribution in [0.3, 0.4) is 0 Å². The molecule has 19 heavy (non-hydrogen) atoms. The fourth-order valence-corrected chi connectivity index (χ4v) is 3.04. The first-order chi connectivity index (χ1) is 8.82. The first-order valence-corrected chi connectivity index (χ1v) is 6.69. The monoisotopic (exact) mass is 269 g/mol. The Balaban J connectivity index is 2.34. The van der Waals surface area contributed by atoms with Crippen LogP contribution in [0.4, 0.5) is 8.78 Å². The van der Waals surface area contributed by atoms with Crippen molar-refractivity contribution in [2.45, 2.75) is 45.9 Å². The summed E-state index contributed by atoms with van der Waals surface area (Å²) in [7, 11) is 0. The van der Waals surface area contributed by atoms with Gasteiger partial charge in [-0.25, -0.2) is 8.78 Å². The van der Waals surface area contributed by atoms with Crippen LogP contribution in [0.2, 0.25) is 0 Å². The van der Waals surface area contributed by atoms with Crippen molar-refractivity contribution in [1.82, 2.24) is 0 Å². The van der Waals surface area contributed by atoms with Gasteiger partial charge >= 0.3 is 0 Å². The third kappa shape index (κ3) is 2.51. The van der Waals surface area contributed by atoms with Crippen LogP contribution in [0.1, 0.15) is 37.9 Å². The van der Waals surface area contributed by atoms with E-state index < -0.39 is 17.7 Å². The Morgan fingerprint density at radius 2 is 1.74 bits per heavy atom. The molecule has 0 radical (unpaired) electrons. The predicted octanol–water partition coefficient (Wildman–Crippen LogP) is 3.33. The van der Waals surface area contributed by atoms with Crippen LogP contribution in [0, 0.1) is 30.4 Å². The molecule has 0 spiro atoms. The largest absolute Gasteiger partial charge is 0.375 e. The van der Waals surface area contributed by atoms with E-state index in [-0.39, 0.29) is 29.6 Å². The van der Waals surface area contributed by atoms with Gasteiger partial charge in [0.05, 0.1) is 12.2 Å². The van der Waals surface area contributed by atoms with Crippen molar-refractivity contribution in [3.63, 3.8) is 0 Å². The van der Waals surface area contributed by atoms with E-state index in [1.807, 2.05) is 20.8 Å². The highest BCUT2D eigenvalue weighted by molar-refractivity contribution is 5.28. The van der Waals surface area contributed by atoms with E-state index in [0.717, 1.165) is 0 Å². The van der Waals surface area contributed by atoms with Crippen molar-refractivity contribution in [2.75, 3.05) is 0 Å². The summed E-state index contributed by atoms with van der Waals surface area (Å²) in [6, 6.07) is 1.88. The molecule has 2 N–H and O–H groups in total. The molecular weight excluding hydrogens is 248 g/mol. The maximum absolute atomic E-state index is 14.0. The van der Waals surface area contributed by atoms with Crippen LogP contribution in [-0.4, -0.2) is 12.2 Å². The fraction of sp³-hybridized carbons (Fsp3) is 0.600. The second-order valence-corrected chi connectivity index (χ2v) is 5.63. The van der Waals surface area contributed by atoms with Gasteiger partial charge < -0.3 is 10.5 Å². The van der Waals surface area contributed by atoms with Crippen molar-refractivity contribution in [1.29, 1.82) is 0 Å². The molecule has 2 rings (SSSR count). The number of hydrogen-bond acceptors (Lipinski definition) is 2. The second kappa shape index (κ2) is 5.17. The molecular formula is C15H21F2NO. The molecule has 4 heteroatoms. The van der Waals surface area contributed by atoms with E-state index in [4.69, 9.17) is 10.5 Å². The van der Waals surface area contributed by atoms with Crippen LogP contribution in [0.15, 0.2) is 12.1 Å². The lowest BCUT2D eigenvalue weighted by molar-refractivity contribution is 0.0488. The normalized spacial score (nSPS) is 32.6. The zero-order valence-corrected chi connectivity index (χ0v) is 11.8. The van der Waals surface area contributed by atoms with E-state index >= 15 is 0 Å². The van der Waals surface area contributed by atoms with Crippen LogP contribution in [0.5, 0.6) is 0 Å². The zero-order valence-electron chi connectivity index (χ0n) is 11.8. The number of aryl methyl sites for hydroxylation is 1. The minimum Gasteiger partial charge on any atom is -0.375 e. The van der Waals surface area contributed by atoms with Crippen molar-refractivity contribution >= 4 is 0 Å². The Morgan fingerprint density at radius 3 is 2.26 bits per heavy atom. The molecule has 0 aromatic heterocycles. The van der Waals surface area contributed by atoms with Crippen LogP contribution in [-0.2, 0) is 4.74 Å². The summed E-state index contributed by atoms with van der Waals surface area (Å²) in [5.41, 5.74) is 6.71. The molecule has 1 aliphatic heterocycles.